The van der Waals surface area contributed by atoms with Gasteiger partial charge in [-0.05, 0) is 29.1 Å². The molecule has 0 N–H and O–H groups in total. The number of ether oxygens (including phenoxy) is 2. The van der Waals surface area contributed by atoms with Crippen LogP contribution in [-0.2, 0) is 16.1 Å². The molecule has 0 amide bonds. The summed E-state index contributed by atoms with van der Waals surface area (Å²) in [6, 6.07) is 0. The van der Waals surface area contributed by atoms with Gasteiger partial charge in [0.05, 0.1) is 22.5 Å². The fourth-order valence-corrected chi connectivity index (χ4v) is 2.60. The van der Waals surface area contributed by atoms with E-state index in [1.807, 2.05) is 0 Å². The summed E-state index contributed by atoms with van der Waals surface area (Å²) in [6.07, 6.45) is -0.112. The minimum absolute atomic E-state index is 0.112. The number of halogens is 2. The molecule has 7 heteroatoms. The zero-order chi connectivity index (χ0) is 13.8. The highest BCUT2D eigenvalue weighted by atomic mass is 127. The van der Waals surface area contributed by atoms with Crippen molar-refractivity contribution in [3.63, 3.8) is 0 Å². The maximum atomic E-state index is 6.16. The maximum absolute atomic E-state index is 6.16. The number of nitrogens with zero attached hydrogens (tertiary/aromatic N) is 3. The predicted molar refractivity (Wildman–Crippen MR) is 81.3 cm³/mol. The first-order valence-electron chi connectivity index (χ1n) is 6.20. The molecule has 1 saturated heterocycles. The summed E-state index contributed by atoms with van der Waals surface area (Å²) in [6.45, 7) is 6.03. The molecule has 0 aliphatic carbocycles. The van der Waals surface area contributed by atoms with Gasteiger partial charge in [0.2, 0.25) is 0 Å². The van der Waals surface area contributed by atoms with E-state index in [-0.39, 0.29) is 6.10 Å². The summed E-state index contributed by atoms with van der Waals surface area (Å²) < 4.78 is 11.7. The van der Waals surface area contributed by atoms with E-state index in [1.165, 1.54) is 0 Å². The second kappa shape index (κ2) is 7.12. The number of aromatic nitrogens is 2. The van der Waals surface area contributed by atoms with Crippen molar-refractivity contribution < 1.29 is 9.47 Å². The number of hydrogen-bond acceptors (Lipinski definition) is 5. The van der Waals surface area contributed by atoms with E-state index in [4.69, 9.17) is 21.1 Å². The first kappa shape index (κ1) is 15.4. The SMILES string of the molecule is CCN1CCOC(c2nc(Cl)c(I)c(COC)n2)C1. The third-order valence-corrected chi connectivity index (χ3v) is 4.79. The van der Waals surface area contributed by atoms with Crippen LogP contribution in [0.2, 0.25) is 5.15 Å². The van der Waals surface area contributed by atoms with Gasteiger partial charge in [0.1, 0.15) is 11.3 Å². The van der Waals surface area contributed by atoms with Crippen LogP contribution in [0.4, 0.5) is 0 Å². The second-order valence-corrected chi connectivity index (χ2v) is 5.76. The Morgan fingerprint density at radius 1 is 1.53 bits per heavy atom. The van der Waals surface area contributed by atoms with Crippen molar-refractivity contribution in [3.05, 3.63) is 20.2 Å². The lowest BCUT2D eigenvalue weighted by atomic mass is 10.2. The van der Waals surface area contributed by atoms with Crippen molar-refractivity contribution in [3.8, 4) is 0 Å². The Bertz CT molecular complexity index is 447. The Hall–Kier alpha value is -0.0200. The molecule has 2 heterocycles. The van der Waals surface area contributed by atoms with Crippen LogP contribution < -0.4 is 0 Å². The Morgan fingerprint density at radius 3 is 3.00 bits per heavy atom. The molecular formula is C12H17ClIN3O2. The minimum atomic E-state index is -0.112. The normalized spacial score (nSPS) is 20.7. The lowest BCUT2D eigenvalue weighted by molar-refractivity contribution is -0.0328. The standard InChI is InChI=1S/C12H17ClIN3O2/c1-3-17-4-5-19-9(6-17)12-15-8(7-18-2)10(14)11(13)16-12/h9H,3-7H2,1-2H3. The van der Waals surface area contributed by atoms with Crippen LogP contribution in [0, 0.1) is 3.57 Å². The van der Waals surface area contributed by atoms with E-state index < -0.39 is 0 Å². The number of rotatable bonds is 4. The van der Waals surface area contributed by atoms with Gasteiger partial charge >= 0.3 is 0 Å². The molecule has 0 saturated carbocycles. The van der Waals surface area contributed by atoms with Gasteiger partial charge in [0.25, 0.3) is 0 Å². The molecule has 1 aromatic heterocycles. The van der Waals surface area contributed by atoms with E-state index in [0.29, 0.717) is 24.2 Å². The Kier molecular flexibility index (Phi) is 5.76. The fourth-order valence-electron chi connectivity index (χ4n) is 2.00. The molecule has 0 bridgehead atoms. The molecular weight excluding hydrogens is 381 g/mol. The summed E-state index contributed by atoms with van der Waals surface area (Å²) in [7, 11) is 1.64. The summed E-state index contributed by atoms with van der Waals surface area (Å²) in [4.78, 5) is 11.2. The fraction of sp³-hybridized carbons (Fsp3) is 0.667. The van der Waals surface area contributed by atoms with Crippen molar-refractivity contribution in [1.29, 1.82) is 0 Å². The number of hydrogen-bond donors (Lipinski definition) is 0. The summed E-state index contributed by atoms with van der Waals surface area (Å²) in [5.41, 5.74) is 0.815. The molecule has 1 unspecified atom stereocenters. The van der Waals surface area contributed by atoms with Crippen LogP contribution in [0.25, 0.3) is 0 Å². The third kappa shape index (κ3) is 3.75. The van der Waals surface area contributed by atoms with Crippen molar-refractivity contribution in [2.75, 3.05) is 33.4 Å². The zero-order valence-corrected chi connectivity index (χ0v) is 13.9. The minimum Gasteiger partial charge on any atom is -0.378 e. The third-order valence-electron chi connectivity index (χ3n) is 3.06. The van der Waals surface area contributed by atoms with Gasteiger partial charge in [0.15, 0.2) is 5.82 Å². The molecule has 0 spiro atoms. The van der Waals surface area contributed by atoms with Crippen molar-refractivity contribution in [1.82, 2.24) is 14.9 Å². The topological polar surface area (TPSA) is 47.5 Å². The zero-order valence-electron chi connectivity index (χ0n) is 11.0. The summed E-state index contributed by atoms with van der Waals surface area (Å²) in [5.74, 6) is 0.649. The molecule has 1 fully saturated rings. The molecule has 1 aromatic rings. The highest BCUT2D eigenvalue weighted by Crippen LogP contribution is 2.25. The average Bonchev–Trinajstić information content (AvgIpc) is 2.44. The van der Waals surface area contributed by atoms with Crippen LogP contribution in [0.5, 0.6) is 0 Å². The molecule has 1 aliphatic heterocycles. The van der Waals surface area contributed by atoms with Crippen LogP contribution in [0.15, 0.2) is 0 Å². The molecule has 1 atom stereocenters. The Morgan fingerprint density at radius 2 is 2.32 bits per heavy atom. The largest absolute Gasteiger partial charge is 0.378 e. The predicted octanol–water partition coefficient (Wildman–Crippen LogP) is 2.27. The molecule has 5 nitrogen and oxygen atoms in total. The van der Waals surface area contributed by atoms with E-state index >= 15 is 0 Å². The lowest BCUT2D eigenvalue weighted by Crippen LogP contribution is -2.38. The lowest BCUT2D eigenvalue weighted by Gasteiger charge is -2.31. The van der Waals surface area contributed by atoms with Crippen molar-refractivity contribution in [2.24, 2.45) is 0 Å². The Balaban J connectivity index is 2.24. The summed E-state index contributed by atoms with van der Waals surface area (Å²) in [5, 5.41) is 0.467. The summed E-state index contributed by atoms with van der Waals surface area (Å²) >= 11 is 8.30. The van der Waals surface area contributed by atoms with Gasteiger partial charge in [-0.15, -0.1) is 0 Å². The van der Waals surface area contributed by atoms with Crippen molar-refractivity contribution >= 4 is 34.2 Å². The second-order valence-electron chi connectivity index (χ2n) is 4.32. The molecule has 0 radical (unpaired) electrons. The van der Waals surface area contributed by atoms with Gasteiger partial charge in [-0.1, -0.05) is 18.5 Å². The van der Waals surface area contributed by atoms with E-state index in [1.54, 1.807) is 7.11 Å². The first-order valence-corrected chi connectivity index (χ1v) is 7.66. The molecule has 1 aliphatic rings. The van der Waals surface area contributed by atoms with Crippen LogP contribution in [0.3, 0.4) is 0 Å². The van der Waals surface area contributed by atoms with E-state index in [0.717, 1.165) is 28.9 Å². The smallest absolute Gasteiger partial charge is 0.160 e. The highest BCUT2D eigenvalue weighted by Gasteiger charge is 2.25. The average molecular weight is 398 g/mol. The van der Waals surface area contributed by atoms with Gasteiger partial charge in [-0.3, -0.25) is 4.90 Å². The number of methoxy groups -OCH3 is 1. The van der Waals surface area contributed by atoms with Gasteiger partial charge < -0.3 is 9.47 Å². The molecule has 0 aromatic carbocycles. The molecule has 106 valence electrons. The number of morpholine rings is 1. The molecule has 19 heavy (non-hydrogen) atoms. The molecule has 2 rings (SSSR count). The quantitative estimate of drug-likeness (QED) is 0.576. The van der Waals surface area contributed by atoms with Crippen LogP contribution in [0.1, 0.15) is 24.5 Å². The monoisotopic (exact) mass is 397 g/mol. The highest BCUT2D eigenvalue weighted by molar-refractivity contribution is 14.1. The first-order chi connectivity index (χ1) is 9.15. The van der Waals surface area contributed by atoms with Gasteiger partial charge in [-0.25, -0.2) is 9.97 Å². The maximum Gasteiger partial charge on any atom is 0.160 e. The van der Waals surface area contributed by atoms with Gasteiger partial charge in [0, 0.05) is 20.2 Å². The Labute approximate surface area is 131 Å². The van der Waals surface area contributed by atoms with E-state index in [9.17, 15) is 0 Å². The van der Waals surface area contributed by atoms with Crippen LogP contribution >= 0.6 is 34.2 Å². The van der Waals surface area contributed by atoms with Crippen molar-refractivity contribution in [2.45, 2.75) is 19.6 Å². The van der Waals surface area contributed by atoms with E-state index in [2.05, 4.69) is 44.4 Å². The van der Waals surface area contributed by atoms with Crippen LogP contribution in [-0.4, -0.2) is 48.2 Å². The number of likely N-dealkylation sites (N-methyl/N-ethyl adjacent to an activating group) is 1. The van der Waals surface area contributed by atoms with Gasteiger partial charge in [-0.2, -0.15) is 0 Å².